The van der Waals surface area contributed by atoms with E-state index in [1.807, 2.05) is 30.3 Å². The minimum atomic E-state index is -0.852. The van der Waals surface area contributed by atoms with Crippen LogP contribution < -0.4 is 9.47 Å². The second kappa shape index (κ2) is 8.58. The van der Waals surface area contributed by atoms with Crippen LogP contribution >= 0.6 is 0 Å². The zero-order valence-electron chi connectivity index (χ0n) is 15.3. The fraction of sp³-hybridized carbons (Fsp3) is 0.333. The molecule has 3 rings (SSSR count). The maximum atomic E-state index is 12.8. The van der Waals surface area contributed by atoms with Crippen molar-refractivity contribution in [1.29, 1.82) is 0 Å². The van der Waals surface area contributed by atoms with Gasteiger partial charge in [0, 0.05) is 18.7 Å². The minimum Gasteiger partial charge on any atom is -0.493 e. The Hall–Kier alpha value is -3.02. The van der Waals surface area contributed by atoms with Gasteiger partial charge in [-0.2, -0.15) is 0 Å². The van der Waals surface area contributed by atoms with Crippen molar-refractivity contribution in [1.82, 2.24) is 4.90 Å². The molecule has 1 N–H and O–H groups in total. The maximum absolute atomic E-state index is 12.8. The normalized spacial score (nSPS) is 16.6. The second-order valence-electron chi connectivity index (χ2n) is 6.57. The highest BCUT2D eigenvalue weighted by Crippen LogP contribution is 2.30. The van der Waals surface area contributed by atoms with Crippen LogP contribution in [0.5, 0.6) is 11.5 Å². The summed E-state index contributed by atoms with van der Waals surface area (Å²) in [4.78, 5) is 25.6. The van der Waals surface area contributed by atoms with Crippen molar-refractivity contribution >= 4 is 11.9 Å². The predicted octanol–water partition coefficient (Wildman–Crippen LogP) is 3.21. The number of carboxylic acids is 1. The number of hydrogen-bond acceptors (Lipinski definition) is 4. The Morgan fingerprint density at radius 3 is 2.63 bits per heavy atom. The first-order valence-electron chi connectivity index (χ1n) is 8.95. The summed E-state index contributed by atoms with van der Waals surface area (Å²) in [6, 6.07) is 14.8. The van der Waals surface area contributed by atoms with Crippen molar-refractivity contribution in [3.8, 4) is 11.5 Å². The average molecular weight is 369 g/mol. The van der Waals surface area contributed by atoms with E-state index in [9.17, 15) is 14.7 Å². The maximum Gasteiger partial charge on any atom is 0.308 e. The van der Waals surface area contributed by atoms with Gasteiger partial charge >= 0.3 is 5.97 Å². The van der Waals surface area contributed by atoms with Gasteiger partial charge in [0.25, 0.3) is 5.91 Å². The third kappa shape index (κ3) is 4.58. The highest BCUT2D eigenvalue weighted by atomic mass is 16.5. The molecule has 0 aromatic heterocycles. The number of hydrogen-bond donors (Lipinski definition) is 1. The molecular formula is C21H23NO5. The van der Waals surface area contributed by atoms with Crippen molar-refractivity contribution < 1.29 is 24.2 Å². The minimum absolute atomic E-state index is 0.186. The largest absolute Gasteiger partial charge is 0.493 e. The van der Waals surface area contributed by atoms with Gasteiger partial charge in [0.2, 0.25) is 0 Å². The number of aliphatic carboxylic acids is 1. The molecule has 1 amide bonds. The molecule has 0 aliphatic carbocycles. The van der Waals surface area contributed by atoms with Crippen molar-refractivity contribution in [2.45, 2.75) is 19.4 Å². The Balaban J connectivity index is 1.71. The molecule has 1 saturated heterocycles. The number of amides is 1. The van der Waals surface area contributed by atoms with Crippen molar-refractivity contribution in [3.05, 3.63) is 59.7 Å². The Bertz CT molecular complexity index is 805. The number of methoxy groups -OCH3 is 1. The predicted molar refractivity (Wildman–Crippen MR) is 100 cm³/mol. The molecule has 142 valence electrons. The van der Waals surface area contributed by atoms with Crippen LogP contribution in [0.2, 0.25) is 0 Å². The fourth-order valence-corrected chi connectivity index (χ4v) is 3.20. The van der Waals surface area contributed by atoms with Crippen molar-refractivity contribution in [2.75, 3.05) is 20.2 Å². The van der Waals surface area contributed by atoms with Crippen LogP contribution in [0.1, 0.15) is 28.8 Å². The lowest BCUT2D eigenvalue weighted by molar-refractivity contribution is -0.143. The molecule has 0 bridgehead atoms. The summed E-state index contributed by atoms with van der Waals surface area (Å²) in [5.74, 6) is -0.509. The zero-order chi connectivity index (χ0) is 19.2. The number of rotatable bonds is 6. The molecular weight excluding hydrogens is 346 g/mol. The average Bonchev–Trinajstić information content (AvgIpc) is 2.72. The molecule has 0 unspecified atom stereocenters. The molecule has 1 aliphatic heterocycles. The molecule has 2 aromatic rings. The number of carbonyl (C=O) groups excluding carboxylic acids is 1. The Labute approximate surface area is 158 Å². The molecule has 1 fully saturated rings. The fourth-order valence-electron chi connectivity index (χ4n) is 3.20. The van der Waals surface area contributed by atoms with Gasteiger partial charge in [-0.05, 0) is 36.6 Å². The second-order valence-corrected chi connectivity index (χ2v) is 6.57. The number of nitrogens with zero attached hydrogens (tertiary/aromatic N) is 1. The van der Waals surface area contributed by atoms with Gasteiger partial charge in [-0.15, -0.1) is 0 Å². The van der Waals surface area contributed by atoms with Gasteiger partial charge < -0.3 is 19.5 Å². The van der Waals surface area contributed by atoms with Crippen molar-refractivity contribution in [2.24, 2.45) is 5.92 Å². The van der Waals surface area contributed by atoms with Gasteiger partial charge in [-0.25, -0.2) is 0 Å². The van der Waals surface area contributed by atoms with E-state index in [1.54, 1.807) is 23.1 Å². The number of piperidine rings is 1. The summed E-state index contributed by atoms with van der Waals surface area (Å²) in [5, 5.41) is 9.21. The Morgan fingerprint density at radius 2 is 1.93 bits per heavy atom. The zero-order valence-corrected chi connectivity index (χ0v) is 15.3. The number of likely N-dealkylation sites (tertiary alicyclic amines) is 1. The first-order chi connectivity index (χ1) is 13.1. The molecule has 6 nitrogen and oxygen atoms in total. The summed E-state index contributed by atoms with van der Waals surface area (Å²) in [7, 11) is 1.53. The van der Waals surface area contributed by atoms with Gasteiger partial charge in [-0.3, -0.25) is 9.59 Å². The lowest BCUT2D eigenvalue weighted by Gasteiger charge is -2.30. The van der Waals surface area contributed by atoms with Gasteiger partial charge in [0.05, 0.1) is 13.0 Å². The topological polar surface area (TPSA) is 76.1 Å². The summed E-state index contributed by atoms with van der Waals surface area (Å²) in [6.45, 7) is 1.21. The van der Waals surface area contributed by atoms with E-state index in [-0.39, 0.29) is 12.5 Å². The monoisotopic (exact) mass is 369 g/mol. The van der Waals surface area contributed by atoms with Crippen LogP contribution in [-0.4, -0.2) is 42.1 Å². The molecule has 0 saturated carbocycles. The molecule has 1 heterocycles. The molecule has 1 atom stereocenters. The Morgan fingerprint density at radius 1 is 1.15 bits per heavy atom. The molecule has 6 heteroatoms. The first-order valence-corrected chi connectivity index (χ1v) is 8.95. The van der Waals surface area contributed by atoms with E-state index in [0.29, 0.717) is 43.1 Å². The Kier molecular flexibility index (Phi) is 5.96. The van der Waals surface area contributed by atoms with E-state index in [1.165, 1.54) is 7.11 Å². The summed E-state index contributed by atoms with van der Waals surface area (Å²) in [6.07, 6.45) is 1.30. The lowest BCUT2D eigenvalue weighted by atomic mass is 9.97. The summed E-state index contributed by atoms with van der Waals surface area (Å²) < 4.78 is 11.2. The van der Waals surface area contributed by atoms with Gasteiger partial charge in [-0.1, -0.05) is 30.3 Å². The third-order valence-electron chi connectivity index (χ3n) is 4.71. The first kappa shape index (κ1) is 18.8. The number of carbonyl (C=O) groups is 2. The van der Waals surface area contributed by atoms with E-state index < -0.39 is 11.9 Å². The van der Waals surface area contributed by atoms with Crippen LogP contribution in [0.3, 0.4) is 0 Å². The van der Waals surface area contributed by atoms with Crippen LogP contribution in [0.4, 0.5) is 0 Å². The SMILES string of the molecule is COc1cc(C(=O)N2CCC[C@@H](C(=O)O)C2)ccc1OCc1ccccc1. The van der Waals surface area contributed by atoms with Crippen LogP contribution in [-0.2, 0) is 11.4 Å². The smallest absolute Gasteiger partial charge is 0.308 e. The third-order valence-corrected chi connectivity index (χ3v) is 4.71. The molecule has 27 heavy (non-hydrogen) atoms. The molecule has 2 aromatic carbocycles. The molecule has 1 aliphatic rings. The van der Waals surface area contributed by atoms with Crippen molar-refractivity contribution in [3.63, 3.8) is 0 Å². The van der Waals surface area contributed by atoms with Crippen LogP contribution in [0.15, 0.2) is 48.5 Å². The summed E-state index contributed by atoms with van der Waals surface area (Å²) in [5.41, 5.74) is 1.50. The number of ether oxygens (including phenoxy) is 2. The van der Waals surface area contributed by atoms with Crippen LogP contribution in [0, 0.1) is 5.92 Å². The lowest BCUT2D eigenvalue weighted by Crippen LogP contribution is -2.42. The number of carboxylic acid groups (broad SMARTS) is 1. The highest BCUT2D eigenvalue weighted by Gasteiger charge is 2.29. The standard InChI is InChI=1S/C21H23NO5/c1-26-19-12-16(20(23)22-11-5-8-17(13-22)21(24)25)9-10-18(19)27-14-15-6-3-2-4-7-15/h2-4,6-7,9-10,12,17H,5,8,11,13-14H2,1H3,(H,24,25)/t17-/m1/s1. The van der Waals surface area contributed by atoms with E-state index in [2.05, 4.69) is 0 Å². The van der Waals surface area contributed by atoms with E-state index in [4.69, 9.17) is 9.47 Å². The summed E-state index contributed by atoms with van der Waals surface area (Å²) >= 11 is 0. The van der Waals surface area contributed by atoms with Gasteiger partial charge in [0.1, 0.15) is 6.61 Å². The molecule has 0 spiro atoms. The number of benzene rings is 2. The highest BCUT2D eigenvalue weighted by molar-refractivity contribution is 5.95. The van der Waals surface area contributed by atoms with E-state index in [0.717, 1.165) is 5.56 Å². The van der Waals surface area contributed by atoms with Gasteiger partial charge in [0.15, 0.2) is 11.5 Å². The van der Waals surface area contributed by atoms with E-state index >= 15 is 0 Å². The molecule has 0 radical (unpaired) electrons. The van der Waals surface area contributed by atoms with Crippen LogP contribution in [0.25, 0.3) is 0 Å². The quantitative estimate of drug-likeness (QED) is 0.846.